The van der Waals surface area contributed by atoms with Crippen molar-refractivity contribution in [1.82, 2.24) is 15.1 Å². The summed E-state index contributed by atoms with van der Waals surface area (Å²) in [5.41, 5.74) is 3.82. The van der Waals surface area contributed by atoms with Crippen molar-refractivity contribution in [3.63, 3.8) is 0 Å². The van der Waals surface area contributed by atoms with Crippen LogP contribution in [0.15, 0.2) is 30.5 Å². The van der Waals surface area contributed by atoms with Crippen LogP contribution in [0, 0.1) is 10.5 Å². The molecule has 3 nitrogen and oxygen atoms in total. The molecule has 0 amide bonds. The van der Waals surface area contributed by atoms with Crippen LogP contribution in [-0.2, 0) is 6.42 Å². The molecule has 108 valence electrons. The van der Waals surface area contributed by atoms with E-state index >= 15 is 0 Å². The second-order valence-electron chi connectivity index (χ2n) is 5.40. The summed E-state index contributed by atoms with van der Waals surface area (Å²) in [5, 5.41) is 8.07. The molecule has 0 aliphatic heterocycles. The summed E-state index contributed by atoms with van der Waals surface area (Å²) in [6.07, 6.45) is 2.98. The molecule has 0 radical (unpaired) electrons. The largest absolute Gasteiger partial charge is 0.313 e. The molecule has 1 heterocycles. The first-order valence-corrected chi connectivity index (χ1v) is 8.07. The number of rotatable bonds is 5. The first-order valence-electron chi connectivity index (χ1n) is 6.99. The Hall–Kier alpha value is -0.880. The number of aromatic nitrogens is 2. The van der Waals surface area contributed by atoms with Crippen LogP contribution in [-0.4, -0.2) is 16.8 Å². The lowest BCUT2D eigenvalue weighted by Crippen LogP contribution is -2.20. The molecule has 20 heavy (non-hydrogen) atoms. The molecule has 2 aromatic rings. The lowest BCUT2D eigenvalue weighted by atomic mass is 10.0. The van der Waals surface area contributed by atoms with Crippen molar-refractivity contribution in [3.05, 3.63) is 50.9 Å². The Balaban J connectivity index is 2.22. The predicted octanol–water partition coefficient (Wildman–Crippen LogP) is 3.88. The SMILES string of the molecule is CNC(Cc1ccn(C(C)C)n1)c1cccc(C)c1I. The Bertz CT molecular complexity index is 575. The van der Waals surface area contributed by atoms with Crippen molar-refractivity contribution in [2.75, 3.05) is 7.05 Å². The van der Waals surface area contributed by atoms with Gasteiger partial charge in [0.2, 0.25) is 0 Å². The highest BCUT2D eigenvalue weighted by Gasteiger charge is 2.15. The van der Waals surface area contributed by atoms with E-state index in [4.69, 9.17) is 0 Å². The van der Waals surface area contributed by atoms with E-state index in [-0.39, 0.29) is 0 Å². The fraction of sp³-hybridized carbons (Fsp3) is 0.438. The Kier molecular flexibility index (Phi) is 5.21. The topological polar surface area (TPSA) is 29.9 Å². The number of benzene rings is 1. The predicted molar refractivity (Wildman–Crippen MR) is 92.0 cm³/mol. The van der Waals surface area contributed by atoms with E-state index in [0.717, 1.165) is 12.1 Å². The normalized spacial score (nSPS) is 12.9. The van der Waals surface area contributed by atoms with E-state index < -0.39 is 0 Å². The Morgan fingerprint density at radius 1 is 1.30 bits per heavy atom. The Labute approximate surface area is 134 Å². The average Bonchev–Trinajstić information content (AvgIpc) is 2.88. The van der Waals surface area contributed by atoms with Crippen molar-refractivity contribution < 1.29 is 0 Å². The summed E-state index contributed by atoms with van der Waals surface area (Å²) in [6.45, 7) is 6.46. The van der Waals surface area contributed by atoms with Gasteiger partial charge in [-0.25, -0.2) is 0 Å². The van der Waals surface area contributed by atoms with E-state index in [1.54, 1.807) is 0 Å². The van der Waals surface area contributed by atoms with Gasteiger partial charge in [-0.15, -0.1) is 0 Å². The number of aryl methyl sites for hydroxylation is 1. The molecule has 0 fully saturated rings. The van der Waals surface area contributed by atoms with Gasteiger partial charge in [0.15, 0.2) is 0 Å². The smallest absolute Gasteiger partial charge is 0.0643 e. The lowest BCUT2D eigenvalue weighted by Gasteiger charge is -2.18. The van der Waals surface area contributed by atoms with Gasteiger partial charge in [0.1, 0.15) is 0 Å². The van der Waals surface area contributed by atoms with Crippen molar-refractivity contribution >= 4 is 22.6 Å². The van der Waals surface area contributed by atoms with Crippen LogP contribution in [0.3, 0.4) is 0 Å². The number of nitrogens with one attached hydrogen (secondary N) is 1. The van der Waals surface area contributed by atoms with Gasteiger partial charge >= 0.3 is 0 Å². The molecule has 2 rings (SSSR count). The van der Waals surface area contributed by atoms with Crippen LogP contribution >= 0.6 is 22.6 Å². The minimum atomic E-state index is 0.303. The van der Waals surface area contributed by atoms with Crippen molar-refractivity contribution in [3.8, 4) is 0 Å². The number of hydrogen-bond donors (Lipinski definition) is 1. The number of nitrogens with zero attached hydrogens (tertiary/aromatic N) is 2. The lowest BCUT2D eigenvalue weighted by molar-refractivity contribution is 0.514. The number of halogens is 1. The second-order valence-corrected chi connectivity index (χ2v) is 6.48. The minimum absolute atomic E-state index is 0.303. The van der Waals surface area contributed by atoms with Crippen LogP contribution in [0.2, 0.25) is 0 Å². The fourth-order valence-corrected chi connectivity index (χ4v) is 3.03. The molecule has 1 atom stereocenters. The summed E-state index contributed by atoms with van der Waals surface area (Å²) in [4.78, 5) is 0. The highest BCUT2D eigenvalue weighted by molar-refractivity contribution is 14.1. The summed E-state index contributed by atoms with van der Waals surface area (Å²) in [5.74, 6) is 0. The van der Waals surface area contributed by atoms with E-state index in [0.29, 0.717) is 12.1 Å². The fourth-order valence-electron chi connectivity index (χ4n) is 2.29. The highest BCUT2D eigenvalue weighted by Crippen LogP contribution is 2.25. The zero-order valence-corrected chi connectivity index (χ0v) is 14.7. The number of likely N-dealkylation sites (N-methyl/N-ethyl adjacent to an activating group) is 1. The third-order valence-electron chi connectivity index (χ3n) is 3.55. The molecule has 0 aliphatic carbocycles. The van der Waals surface area contributed by atoms with Crippen LogP contribution < -0.4 is 5.32 Å². The van der Waals surface area contributed by atoms with Crippen LogP contribution in [0.5, 0.6) is 0 Å². The zero-order valence-electron chi connectivity index (χ0n) is 12.5. The quantitative estimate of drug-likeness (QED) is 0.795. The van der Waals surface area contributed by atoms with Gasteiger partial charge in [-0.05, 0) is 67.6 Å². The molecule has 1 unspecified atom stereocenters. The average molecular weight is 383 g/mol. The summed E-state index contributed by atoms with van der Waals surface area (Å²) >= 11 is 2.44. The van der Waals surface area contributed by atoms with Gasteiger partial charge < -0.3 is 5.32 Å². The third kappa shape index (κ3) is 3.41. The van der Waals surface area contributed by atoms with Gasteiger partial charge in [-0.3, -0.25) is 4.68 Å². The first-order chi connectivity index (χ1) is 9.52. The maximum atomic E-state index is 4.65. The van der Waals surface area contributed by atoms with Crippen molar-refractivity contribution in [2.24, 2.45) is 0 Å². The number of hydrogen-bond acceptors (Lipinski definition) is 2. The zero-order chi connectivity index (χ0) is 14.7. The van der Waals surface area contributed by atoms with E-state index in [2.05, 4.69) is 84.2 Å². The molecular weight excluding hydrogens is 361 g/mol. The standard InChI is InChI=1S/C16H22IN3/c1-11(2)20-9-8-13(19-20)10-15(18-4)14-7-5-6-12(3)16(14)17/h5-9,11,15,18H,10H2,1-4H3. The Morgan fingerprint density at radius 2 is 2.05 bits per heavy atom. The first kappa shape index (κ1) is 15.5. The summed E-state index contributed by atoms with van der Waals surface area (Å²) < 4.78 is 3.36. The molecule has 4 heteroatoms. The third-order valence-corrected chi connectivity index (χ3v) is 5.03. The molecule has 0 saturated carbocycles. The molecule has 0 bridgehead atoms. The second kappa shape index (κ2) is 6.72. The van der Waals surface area contributed by atoms with Crippen LogP contribution in [0.25, 0.3) is 0 Å². The molecule has 1 aromatic heterocycles. The summed E-state index contributed by atoms with van der Waals surface area (Å²) in [6, 6.07) is 9.32. The van der Waals surface area contributed by atoms with Gasteiger partial charge in [0, 0.05) is 28.3 Å². The highest BCUT2D eigenvalue weighted by atomic mass is 127. The minimum Gasteiger partial charge on any atom is -0.313 e. The molecule has 1 aromatic carbocycles. The molecular formula is C16H22IN3. The molecule has 0 saturated heterocycles. The van der Waals surface area contributed by atoms with Crippen molar-refractivity contribution in [2.45, 2.75) is 39.3 Å². The maximum absolute atomic E-state index is 4.65. The maximum Gasteiger partial charge on any atom is 0.0643 e. The van der Waals surface area contributed by atoms with Gasteiger partial charge in [-0.2, -0.15) is 5.10 Å². The van der Waals surface area contributed by atoms with Crippen LogP contribution in [0.1, 0.15) is 42.8 Å². The summed E-state index contributed by atoms with van der Waals surface area (Å²) in [7, 11) is 2.02. The molecule has 0 spiro atoms. The van der Waals surface area contributed by atoms with Gasteiger partial charge in [0.25, 0.3) is 0 Å². The molecule has 1 N–H and O–H groups in total. The van der Waals surface area contributed by atoms with E-state index in [1.807, 2.05) is 11.7 Å². The van der Waals surface area contributed by atoms with E-state index in [1.165, 1.54) is 14.7 Å². The van der Waals surface area contributed by atoms with Crippen LogP contribution in [0.4, 0.5) is 0 Å². The Morgan fingerprint density at radius 3 is 2.65 bits per heavy atom. The molecule has 0 aliphatic rings. The van der Waals surface area contributed by atoms with Gasteiger partial charge in [-0.1, -0.05) is 18.2 Å². The van der Waals surface area contributed by atoms with E-state index in [9.17, 15) is 0 Å². The monoisotopic (exact) mass is 383 g/mol. The van der Waals surface area contributed by atoms with Crippen molar-refractivity contribution in [1.29, 1.82) is 0 Å². The van der Waals surface area contributed by atoms with Gasteiger partial charge in [0.05, 0.1) is 5.69 Å².